The highest BCUT2D eigenvalue weighted by Gasteiger charge is 2.25. The summed E-state index contributed by atoms with van der Waals surface area (Å²) in [4.78, 5) is 24.8. The molecule has 0 saturated carbocycles. The number of rotatable bonds is 7. The van der Waals surface area contributed by atoms with Crippen LogP contribution in [-0.2, 0) is 14.3 Å². The predicted octanol–water partition coefficient (Wildman–Crippen LogP) is 3.42. The number of esters is 1. The summed E-state index contributed by atoms with van der Waals surface area (Å²) in [6.07, 6.45) is -1.21. The third-order valence-corrected chi connectivity index (χ3v) is 3.65. The lowest BCUT2D eigenvalue weighted by Gasteiger charge is -2.18. The molecule has 0 saturated heterocycles. The number of nitrogens with one attached hydrogen (secondary N) is 1. The number of halogens is 1. The average molecular weight is 384 g/mol. The van der Waals surface area contributed by atoms with Gasteiger partial charge < -0.3 is 19.3 Å². The van der Waals surface area contributed by atoms with E-state index < -0.39 is 30.4 Å². The van der Waals surface area contributed by atoms with Crippen molar-refractivity contribution >= 4 is 17.6 Å². The topological polar surface area (TPSA) is 90.7 Å². The Morgan fingerprint density at radius 3 is 2.50 bits per heavy atom. The van der Waals surface area contributed by atoms with Gasteiger partial charge in [0.2, 0.25) is 6.10 Å². The lowest BCUT2D eigenvalue weighted by molar-refractivity contribution is -0.156. The highest BCUT2D eigenvalue weighted by Crippen LogP contribution is 2.21. The summed E-state index contributed by atoms with van der Waals surface area (Å²) >= 11 is 0. The van der Waals surface area contributed by atoms with Crippen molar-refractivity contribution in [2.24, 2.45) is 0 Å². The Balaban J connectivity index is 1.68. The number of aryl methyl sites for hydroxylation is 1. The first-order valence-electron chi connectivity index (χ1n) is 8.38. The quantitative estimate of drug-likeness (QED) is 0.628. The van der Waals surface area contributed by atoms with Crippen LogP contribution < -0.4 is 10.1 Å². The van der Waals surface area contributed by atoms with Crippen LogP contribution in [0.5, 0.6) is 5.88 Å². The fourth-order valence-electron chi connectivity index (χ4n) is 2.35. The Hall–Kier alpha value is -3.68. The Morgan fingerprint density at radius 2 is 1.86 bits per heavy atom. The van der Waals surface area contributed by atoms with Gasteiger partial charge in [-0.15, -0.1) is 0 Å². The Labute approximate surface area is 160 Å². The molecule has 0 fully saturated rings. The number of carbonyl (C=O) groups is 2. The molecule has 0 unspecified atom stereocenters. The van der Waals surface area contributed by atoms with Crippen molar-refractivity contribution in [3.05, 3.63) is 77.8 Å². The van der Waals surface area contributed by atoms with Crippen molar-refractivity contribution in [2.75, 3.05) is 11.9 Å². The fourth-order valence-corrected chi connectivity index (χ4v) is 2.35. The van der Waals surface area contributed by atoms with E-state index in [2.05, 4.69) is 10.5 Å². The van der Waals surface area contributed by atoms with Crippen LogP contribution in [0, 0.1) is 12.7 Å². The van der Waals surface area contributed by atoms with Gasteiger partial charge in [-0.05, 0) is 36.3 Å². The maximum Gasteiger partial charge on any atom is 0.345 e. The van der Waals surface area contributed by atoms with Crippen LogP contribution >= 0.6 is 0 Å². The predicted molar refractivity (Wildman–Crippen MR) is 97.0 cm³/mol. The minimum absolute atomic E-state index is 0.140. The third kappa shape index (κ3) is 5.16. The van der Waals surface area contributed by atoms with Crippen molar-refractivity contribution in [2.45, 2.75) is 13.0 Å². The van der Waals surface area contributed by atoms with Crippen LogP contribution in [-0.4, -0.2) is 23.6 Å². The second-order valence-electron chi connectivity index (χ2n) is 5.84. The lowest BCUT2D eigenvalue weighted by atomic mass is 10.1. The zero-order valence-electron chi connectivity index (χ0n) is 14.9. The van der Waals surface area contributed by atoms with Crippen LogP contribution in [0.1, 0.15) is 17.4 Å². The van der Waals surface area contributed by atoms with E-state index in [-0.39, 0.29) is 5.88 Å². The Bertz CT molecular complexity index is 941. The minimum Gasteiger partial charge on any atom is -0.463 e. The number of hydrogen-bond acceptors (Lipinski definition) is 6. The smallest absolute Gasteiger partial charge is 0.345 e. The van der Waals surface area contributed by atoms with Gasteiger partial charge in [0.25, 0.3) is 11.8 Å². The molecule has 0 bridgehead atoms. The molecule has 7 nitrogen and oxygen atoms in total. The summed E-state index contributed by atoms with van der Waals surface area (Å²) in [7, 11) is 0. The maximum absolute atomic E-state index is 13.0. The van der Waals surface area contributed by atoms with Crippen LogP contribution in [0.15, 0.2) is 65.2 Å². The molecule has 2 aromatic carbocycles. The Kier molecular flexibility index (Phi) is 6.01. The Morgan fingerprint density at radius 1 is 1.14 bits per heavy atom. The van der Waals surface area contributed by atoms with E-state index in [1.807, 2.05) is 0 Å². The van der Waals surface area contributed by atoms with Gasteiger partial charge in [0.05, 0.1) is 0 Å². The third-order valence-electron chi connectivity index (χ3n) is 3.65. The van der Waals surface area contributed by atoms with Gasteiger partial charge in [-0.25, -0.2) is 9.18 Å². The first kappa shape index (κ1) is 19.1. The molecule has 3 rings (SSSR count). The van der Waals surface area contributed by atoms with Crippen LogP contribution in [0.4, 0.5) is 10.1 Å². The number of nitrogens with zero attached hydrogens (tertiary/aromatic N) is 1. The maximum atomic E-state index is 13.0. The number of hydrogen-bond donors (Lipinski definition) is 1. The van der Waals surface area contributed by atoms with Gasteiger partial charge in [-0.2, -0.15) is 0 Å². The molecule has 1 N–H and O–H groups in total. The molecular formula is C20H17FN2O5. The van der Waals surface area contributed by atoms with E-state index in [1.54, 1.807) is 37.3 Å². The van der Waals surface area contributed by atoms with E-state index in [9.17, 15) is 14.0 Å². The number of aromatic nitrogens is 1. The molecular weight excluding hydrogens is 367 g/mol. The molecule has 144 valence electrons. The summed E-state index contributed by atoms with van der Waals surface area (Å²) in [5.41, 5.74) is 0.852. The first-order valence-corrected chi connectivity index (χ1v) is 8.38. The summed E-state index contributed by atoms with van der Waals surface area (Å²) in [6.45, 7) is 1.24. The molecule has 1 aromatic heterocycles. The molecule has 0 aliphatic rings. The average Bonchev–Trinajstić information content (AvgIpc) is 3.12. The normalized spacial score (nSPS) is 11.5. The molecule has 1 atom stereocenters. The highest BCUT2D eigenvalue weighted by atomic mass is 19.1. The SMILES string of the molecule is Cc1cc(OCC(=O)O[C@@H](C(=O)Nc2ccc(F)cc2)c2ccccc2)no1. The van der Waals surface area contributed by atoms with Crippen LogP contribution in [0.2, 0.25) is 0 Å². The number of anilines is 1. The van der Waals surface area contributed by atoms with E-state index in [0.29, 0.717) is 17.0 Å². The molecule has 0 aliphatic heterocycles. The van der Waals surface area contributed by atoms with Gasteiger partial charge in [0.1, 0.15) is 11.6 Å². The summed E-state index contributed by atoms with van der Waals surface area (Å²) < 4.78 is 28.4. The minimum atomic E-state index is -1.21. The lowest BCUT2D eigenvalue weighted by Crippen LogP contribution is -2.28. The molecule has 0 spiro atoms. The molecule has 8 heteroatoms. The van der Waals surface area contributed by atoms with Gasteiger partial charge in [0, 0.05) is 17.3 Å². The number of carbonyl (C=O) groups excluding carboxylic acids is 2. The van der Waals surface area contributed by atoms with Crippen molar-refractivity contribution < 1.29 is 28.0 Å². The molecule has 1 heterocycles. The van der Waals surface area contributed by atoms with Crippen LogP contribution in [0.25, 0.3) is 0 Å². The zero-order valence-corrected chi connectivity index (χ0v) is 14.9. The molecule has 28 heavy (non-hydrogen) atoms. The van der Waals surface area contributed by atoms with Gasteiger partial charge >= 0.3 is 5.97 Å². The summed E-state index contributed by atoms with van der Waals surface area (Å²) in [5.74, 6) is -1.10. The van der Waals surface area contributed by atoms with Gasteiger partial charge in [0.15, 0.2) is 6.61 Å². The second-order valence-corrected chi connectivity index (χ2v) is 5.84. The molecule has 0 radical (unpaired) electrons. The number of amides is 1. The first-order chi connectivity index (χ1) is 13.5. The second kappa shape index (κ2) is 8.81. The standard InChI is InChI=1S/C20H17FN2O5/c1-13-11-17(23-28-13)26-12-18(24)27-19(14-5-3-2-4-6-14)20(25)22-16-9-7-15(21)8-10-16/h2-11,19H,12H2,1H3,(H,22,25)/t19-/m1/s1. The molecule has 0 aliphatic carbocycles. The van der Waals surface area contributed by atoms with Crippen molar-refractivity contribution in [1.29, 1.82) is 0 Å². The van der Waals surface area contributed by atoms with Crippen LogP contribution in [0.3, 0.4) is 0 Å². The van der Waals surface area contributed by atoms with E-state index in [0.717, 1.165) is 0 Å². The van der Waals surface area contributed by atoms with Crippen molar-refractivity contribution in [1.82, 2.24) is 5.16 Å². The van der Waals surface area contributed by atoms with Crippen molar-refractivity contribution in [3.63, 3.8) is 0 Å². The highest BCUT2D eigenvalue weighted by molar-refractivity contribution is 5.96. The van der Waals surface area contributed by atoms with E-state index in [1.165, 1.54) is 30.3 Å². The van der Waals surface area contributed by atoms with Gasteiger partial charge in [-0.1, -0.05) is 30.3 Å². The molecule has 1 amide bonds. The van der Waals surface area contributed by atoms with E-state index in [4.69, 9.17) is 14.0 Å². The monoisotopic (exact) mass is 384 g/mol. The summed E-state index contributed by atoms with van der Waals surface area (Å²) in [6, 6.07) is 15.3. The molecule has 3 aromatic rings. The summed E-state index contributed by atoms with van der Waals surface area (Å²) in [5, 5.41) is 6.21. The fraction of sp³-hybridized carbons (Fsp3) is 0.150. The number of benzene rings is 2. The largest absolute Gasteiger partial charge is 0.463 e. The van der Waals surface area contributed by atoms with E-state index >= 15 is 0 Å². The van der Waals surface area contributed by atoms with Crippen molar-refractivity contribution in [3.8, 4) is 5.88 Å². The number of ether oxygens (including phenoxy) is 2. The zero-order chi connectivity index (χ0) is 19.9. The van der Waals surface area contributed by atoms with Gasteiger partial charge in [-0.3, -0.25) is 4.79 Å².